The van der Waals surface area contributed by atoms with Gasteiger partial charge < -0.3 is 5.73 Å². The van der Waals surface area contributed by atoms with E-state index >= 15 is 0 Å². The minimum Gasteiger partial charge on any atom is -0.330 e. The number of sulfone groups is 1. The number of aryl methyl sites for hydroxylation is 1. The monoisotopic (exact) mass is 301 g/mol. The molecular formula is C12H19N3O4S. The Morgan fingerprint density at radius 1 is 1.45 bits per heavy atom. The van der Waals surface area contributed by atoms with E-state index in [0.717, 1.165) is 0 Å². The first-order valence-corrected chi connectivity index (χ1v) is 8.00. The third kappa shape index (κ3) is 3.97. The Balaban J connectivity index is 3.11. The molecule has 0 spiro atoms. The van der Waals surface area contributed by atoms with Crippen LogP contribution >= 0.6 is 0 Å². The molecule has 0 saturated carbocycles. The molecule has 0 aliphatic rings. The third-order valence-electron chi connectivity index (χ3n) is 3.06. The van der Waals surface area contributed by atoms with Gasteiger partial charge in [0.2, 0.25) is 0 Å². The number of hydrogen-bond donors (Lipinski definition) is 1. The molecule has 0 aliphatic carbocycles. The highest BCUT2D eigenvalue weighted by molar-refractivity contribution is 7.90. The highest BCUT2D eigenvalue weighted by Crippen LogP contribution is 2.25. The molecule has 1 heterocycles. The van der Waals surface area contributed by atoms with Gasteiger partial charge in [0, 0.05) is 17.3 Å². The molecule has 0 radical (unpaired) electrons. The summed E-state index contributed by atoms with van der Waals surface area (Å²) in [6.07, 6.45) is 1.34. The average Bonchev–Trinajstić information content (AvgIpc) is 2.31. The lowest BCUT2D eigenvalue weighted by Crippen LogP contribution is -2.22. The molecule has 8 heteroatoms. The summed E-state index contributed by atoms with van der Waals surface area (Å²) in [6.45, 7) is 5.12. The van der Waals surface area contributed by atoms with Crippen LogP contribution in [0.1, 0.15) is 23.7 Å². The van der Waals surface area contributed by atoms with Gasteiger partial charge in [-0.15, -0.1) is 0 Å². The van der Waals surface area contributed by atoms with E-state index < -0.39 is 14.8 Å². The van der Waals surface area contributed by atoms with Crippen molar-refractivity contribution in [1.82, 2.24) is 4.98 Å². The van der Waals surface area contributed by atoms with Gasteiger partial charge in [-0.2, -0.15) is 0 Å². The fourth-order valence-corrected chi connectivity index (χ4v) is 3.79. The van der Waals surface area contributed by atoms with E-state index in [1.807, 2.05) is 0 Å². The Bertz CT molecular complexity index is 613. The highest BCUT2D eigenvalue weighted by atomic mass is 32.2. The SMILES string of the molecule is Cc1cnc(CS(=O)(=O)CC(C)CN)c(C)c1[N+](=O)[O-]. The Morgan fingerprint density at radius 2 is 2.05 bits per heavy atom. The Labute approximate surface area is 118 Å². The summed E-state index contributed by atoms with van der Waals surface area (Å²) in [5.41, 5.74) is 6.30. The minimum atomic E-state index is -3.39. The van der Waals surface area contributed by atoms with Crippen LogP contribution in [0, 0.1) is 29.9 Å². The van der Waals surface area contributed by atoms with Crippen LogP contribution in [0.5, 0.6) is 0 Å². The zero-order valence-corrected chi connectivity index (χ0v) is 12.6. The maximum Gasteiger partial charge on any atom is 0.278 e. The van der Waals surface area contributed by atoms with Crippen molar-refractivity contribution in [2.24, 2.45) is 11.7 Å². The molecule has 1 atom stereocenters. The number of pyridine rings is 1. The molecule has 0 aliphatic heterocycles. The number of rotatable bonds is 6. The molecule has 0 aromatic carbocycles. The van der Waals surface area contributed by atoms with Crippen LogP contribution in [0.25, 0.3) is 0 Å². The van der Waals surface area contributed by atoms with Gasteiger partial charge in [0.1, 0.15) is 0 Å². The molecule has 1 unspecified atom stereocenters. The van der Waals surface area contributed by atoms with E-state index in [1.165, 1.54) is 13.1 Å². The van der Waals surface area contributed by atoms with Crippen LogP contribution in [-0.2, 0) is 15.6 Å². The van der Waals surface area contributed by atoms with Crippen molar-refractivity contribution in [3.63, 3.8) is 0 Å². The first kappa shape index (κ1) is 16.5. The zero-order chi connectivity index (χ0) is 15.5. The van der Waals surface area contributed by atoms with Gasteiger partial charge in [-0.05, 0) is 26.3 Å². The molecule has 7 nitrogen and oxygen atoms in total. The summed E-state index contributed by atoms with van der Waals surface area (Å²) in [7, 11) is -3.39. The molecular weight excluding hydrogens is 282 g/mol. The molecule has 0 saturated heterocycles. The van der Waals surface area contributed by atoms with Crippen molar-refractivity contribution in [3.8, 4) is 0 Å². The minimum absolute atomic E-state index is 0.0493. The van der Waals surface area contributed by atoms with E-state index in [4.69, 9.17) is 5.73 Å². The number of hydrogen-bond acceptors (Lipinski definition) is 6. The Kier molecular flexibility index (Phi) is 5.18. The van der Waals surface area contributed by atoms with Crippen molar-refractivity contribution < 1.29 is 13.3 Å². The molecule has 0 amide bonds. The zero-order valence-electron chi connectivity index (χ0n) is 11.8. The van der Waals surface area contributed by atoms with Crippen LogP contribution in [-0.4, -0.2) is 30.6 Å². The number of nitrogens with two attached hydrogens (primary N) is 1. The average molecular weight is 301 g/mol. The number of nitro groups is 1. The normalized spacial score (nSPS) is 13.2. The molecule has 1 aromatic heterocycles. The second kappa shape index (κ2) is 6.27. The molecule has 0 bridgehead atoms. The second-order valence-corrected chi connectivity index (χ2v) is 7.12. The van der Waals surface area contributed by atoms with Crippen LogP contribution in [0.3, 0.4) is 0 Å². The topological polar surface area (TPSA) is 116 Å². The van der Waals surface area contributed by atoms with Gasteiger partial charge in [-0.1, -0.05) is 6.92 Å². The molecule has 1 aromatic rings. The van der Waals surface area contributed by atoms with Gasteiger partial charge in [0.25, 0.3) is 5.69 Å². The molecule has 1 rings (SSSR count). The second-order valence-electron chi connectivity index (χ2n) is 5.01. The molecule has 2 N–H and O–H groups in total. The standard InChI is InChI=1S/C12H19N3O4S/c1-8(4-13)6-20(18,19)7-11-10(3)12(15(16)17)9(2)5-14-11/h5,8H,4,6-7,13H2,1-3H3. The maximum atomic E-state index is 12.0. The van der Waals surface area contributed by atoms with Crippen LogP contribution in [0.2, 0.25) is 0 Å². The maximum absolute atomic E-state index is 12.0. The fraction of sp³-hybridized carbons (Fsp3) is 0.583. The summed E-state index contributed by atoms with van der Waals surface area (Å²) in [5, 5.41) is 11.0. The Morgan fingerprint density at radius 3 is 2.55 bits per heavy atom. The van der Waals surface area contributed by atoms with Crippen molar-refractivity contribution >= 4 is 15.5 Å². The largest absolute Gasteiger partial charge is 0.330 e. The van der Waals surface area contributed by atoms with Crippen molar-refractivity contribution in [3.05, 3.63) is 33.1 Å². The molecule has 112 valence electrons. The lowest BCUT2D eigenvalue weighted by molar-refractivity contribution is -0.386. The van der Waals surface area contributed by atoms with Crippen molar-refractivity contribution in [2.75, 3.05) is 12.3 Å². The predicted octanol–water partition coefficient (Wildman–Crippen LogP) is 1.12. The molecule has 0 fully saturated rings. The van der Waals surface area contributed by atoms with E-state index in [1.54, 1.807) is 13.8 Å². The summed E-state index contributed by atoms with van der Waals surface area (Å²) in [5.74, 6) is -0.503. The van der Waals surface area contributed by atoms with Gasteiger partial charge in [-0.3, -0.25) is 15.1 Å². The summed E-state index contributed by atoms with van der Waals surface area (Å²) < 4.78 is 24.0. The smallest absolute Gasteiger partial charge is 0.278 e. The lowest BCUT2D eigenvalue weighted by atomic mass is 10.1. The highest BCUT2D eigenvalue weighted by Gasteiger charge is 2.23. The number of aromatic nitrogens is 1. The third-order valence-corrected chi connectivity index (χ3v) is 4.85. The molecule has 20 heavy (non-hydrogen) atoms. The first-order chi connectivity index (χ1) is 9.18. The first-order valence-electron chi connectivity index (χ1n) is 6.18. The Hall–Kier alpha value is -1.54. The quantitative estimate of drug-likeness (QED) is 0.621. The summed E-state index contributed by atoms with van der Waals surface area (Å²) in [4.78, 5) is 14.5. The van der Waals surface area contributed by atoms with Crippen molar-refractivity contribution in [2.45, 2.75) is 26.5 Å². The summed E-state index contributed by atoms with van der Waals surface area (Å²) >= 11 is 0. The fourth-order valence-electron chi connectivity index (χ4n) is 1.96. The van der Waals surface area contributed by atoms with Gasteiger partial charge >= 0.3 is 0 Å². The summed E-state index contributed by atoms with van der Waals surface area (Å²) in [6, 6.07) is 0. The van der Waals surface area contributed by atoms with Gasteiger partial charge in [0.05, 0.1) is 22.1 Å². The van der Waals surface area contributed by atoms with Crippen LogP contribution in [0.4, 0.5) is 5.69 Å². The van der Waals surface area contributed by atoms with Crippen LogP contribution in [0.15, 0.2) is 6.20 Å². The van der Waals surface area contributed by atoms with Crippen molar-refractivity contribution in [1.29, 1.82) is 0 Å². The van der Waals surface area contributed by atoms with E-state index in [2.05, 4.69) is 4.98 Å². The number of nitrogens with zero attached hydrogens (tertiary/aromatic N) is 2. The van der Waals surface area contributed by atoms with E-state index in [0.29, 0.717) is 11.1 Å². The van der Waals surface area contributed by atoms with Gasteiger partial charge in [0.15, 0.2) is 9.84 Å². The van der Waals surface area contributed by atoms with E-state index in [-0.39, 0.29) is 35.3 Å². The predicted molar refractivity (Wildman–Crippen MR) is 76.1 cm³/mol. The van der Waals surface area contributed by atoms with E-state index in [9.17, 15) is 18.5 Å². The van der Waals surface area contributed by atoms with Crippen LogP contribution < -0.4 is 5.73 Å². The lowest BCUT2D eigenvalue weighted by Gasteiger charge is -2.11. The van der Waals surface area contributed by atoms with Gasteiger partial charge in [-0.25, -0.2) is 8.42 Å².